The third kappa shape index (κ3) is 3.37. The van der Waals surface area contributed by atoms with Crippen LogP contribution in [0.25, 0.3) is 6.08 Å². The van der Waals surface area contributed by atoms with Crippen molar-refractivity contribution in [1.82, 2.24) is 9.80 Å². The number of fused-ring (bicyclic) bond motifs is 3. The van der Waals surface area contributed by atoms with Crippen LogP contribution >= 0.6 is 12.2 Å². The fraction of sp³-hybridized carbons (Fsp3) is 0.385. The van der Waals surface area contributed by atoms with Crippen LogP contribution in [0, 0.1) is 0 Å². The Morgan fingerprint density at radius 1 is 1.00 bits per heavy atom. The molecule has 0 N–H and O–H groups in total. The molecule has 2 fully saturated rings. The zero-order chi connectivity index (χ0) is 22.4. The summed E-state index contributed by atoms with van der Waals surface area (Å²) >= 11 is 5.37. The van der Waals surface area contributed by atoms with Gasteiger partial charge in [-0.1, -0.05) is 25.3 Å². The van der Waals surface area contributed by atoms with Gasteiger partial charge in [-0.05, 0) is 78.7 Å². The number of amides is 1. The first-order chi connectivity index (χ1) is 15.5. The molecule has 2 unspecified atom stereocenters. The molecule has 1 aliphatic carbocycles. The number of rotatable bonds is 3. The maximum atomic E-state index is 12.6. The lowest BCUT2D eigenvalue weighted by molar-refractivity contribution is -0.121. The Bertz CT molecular complexity index is 1090. The molecule has 1 saturated carbocycles. The number of hydrogen-bond donors (Lipinski definition) is 0. The third-order valence-electron chi connectivity index (χ3n) is 7.13. The first-order valence-corrected chi connectivity index (χ1v) is 11.7. The van der Waals surface area contributed by atoms with Gasteiger partial charge in [0.25, 0.3) is 5.91 Å². The zero-order valence-electron chi connectivity index (χ0n) is 18.9. The fourth-order valence-electron chi connectivity index (χ4n) is 5.44. The van der Waals surface area contributed by atoms with E-state index < -0.39 is 0 Å². The Labute approximate surface area is 195 Å². The summed E-state index contributed by atoms with van der Waals surface area (Å²) < 4.78 is 5.37. The summed E-state index contributed by atoms with van der Waals surface area (Å²) in [5.74, 6) is 1.33. The largest absolute Gasteiger partial charge is 0.497 e. The molecule has 166 valence electrons. The molecule has 2 aromatic rings. The molecular formula is C26H29N3O2S. The van der Waals surface area contributed by atoms with Crippen molar-refractivity contribution >= 4 is 40.7 Å². The Kier molecular flexibility index (Phi) is 5.41. The molecule has 3 aliphatic rings. The molecule has 2 aliphatic heterocycles. The molecule has 1 saturated heterocycles. The molecule has 6 heteroatoms. The Balaban J connectivity index is 1.56. The highest BCUT2D eigenvalue weighted by Crippen LogP contribution is 2.50. The molecule has 1 amide bonds. The van der Waals surface area contributed by atoms with Crippen LogP contribution in [-0.2, 0) is 4.79 Å². The summed E-state index contributed by atoms with van der Waals surface area (Å²) in [6, 6.07) is 15.5. The Hall–Kier alpha value is -2.86. The van der Waals surface area contributed by atoms with Crippen LogP contribution in [0.3, 0.4) is 0 Å². The highest BCUT2D eigenvalue weighted by molar-refractivity contribution is 7.80. The Morgan fingerprint density at radius 2 is 1.75 bits per heavy atom. The van der Waals surface area contributed by atoms with Crippen molar-refractivity contribution in [3.8, 4) is 5.75 Å². The minimum absolute atomic E-state index is 0.0507. The zero-order valence-corrected chi connectivity index (χ0v) is 19.7. The molecule has 5 rings (SSSR count). The maximum absolute atomic E-state index is 12.6. The fourth-order valence-corrected chi connectivity index (χ4v) is 5.62. The lowest BCUT2D eigenvalue weighted by Crippen LogP contribution is -2.29. The molecule has 0 bridgehead atoms. The number of likely N-dealkylation sites (N-methyl/N-ethyl adjacent to an activating group) is 2. The van der Waals surface area contributed by atoms with Gasteiger partial charge in [0.2, 0.25) is 0 Å². The van der Waals surface area contributed by atoms with E-state index in [4.69, 9.17) is 17.0 Å². The molecule has 0 spiro atoms. The standard InChI is InChI=1S/C26H29N3O2S/c1-27-24(25(30)28(2)26(27)32)16-17-9-14-23-21(15-17)20-7-5-4-6-8-22(20)29(23)18-10-12-19(31-3)13-11-18/h9-16,20,22H,4-8H2,1-3H3/b24-16+. The summed E-state index contributed by atoms with van der Waals surface area (Å²) in [7, 11) is 5.29. The molecule has 2 aromatic carbocycles. The van der Waals surface area contributed by atoms with Gasteiger partial charge in [-0.25, -0.2) is 0 Å². The molecule has 0 radical (unpaired) electrons. The van der Waals surface area contributed by atoms with Gasteiger partial charge in [-0.3, -0.25) is 9.69 Å². The van der Waals surface area contributed by atoms with Gasteiger partial charge in [0.05, 0.1) is 7.11 Å². The minimum Gasteiger partial charge on any atom is -0.497 e. The summed E-state index contributed by atoms with van der Waals surface area (Å²) in [6.07, 6.45) is 8.20. The topological polar surface area (TPSA) is 36.0 Å². The van der Waals surface area contributed by atoms with Gasteiger partial charge in [0.15, 0.2) is 5.11 Å². The molecule has 32 heavy (non-hydrogen) atoms. The average molecular weight is 448 g/mol. The normalized spacial score (nSPS) is 24.1. The monoisotopic (exact) mass is 447 g/mol. The molecule has 2 atom stereocenters. The highest BCUT2D eigenvalue weighted by atomic mass is 32.1. The number of hydrogen-bond acceptors (Lipinski definition) is 4. The van der Waals surface area contributed by atoms with Crippen molar-refractivity contribution in [2.24, 2.45) is 0 Å². The second-order valence-corrected chi connectivity index (χ2v) is 9.30. The van der Waals surface area contributed by atoms with Crippen molar-refractivity contribution in [3.63, 3.8) is 0 Å². The summed E-state index contributed by atoms with van der Waals surface area (Å²) in [5.41, 5.74) is 5.57. The van der Waals surface area contributed by atoms with Crippen molar-refractivity contribution in [2.45, 2.75) is 44.1 Å². The van der Waals surface area contributed by atoms with E-state index in [0.717, 1.165) is 11.3 Å². The number of benzene rings is 2. The predicted molar refractivity (Wildman–Crippen MR) is 132 cm³/mol. The van der Waals surface area contributed by atoms with Gasteiger partial charge in [-0.15, -0.1) is 0 Å². The van der Waals surface area contributed by atoms with E-state index in [2.05, 4.69) is 35.2 Å². The van der Waals surface area contributed by atoms with Gasteiger partial charge < -0.3 is 14.5 Å². The summed E-state index contributed by atoms with van der Waals surface area (Å²) in [5, 5.41) is 0.539. The highest BCUT2D eigenvalue weighted by Gasteiger charge is 2.40. The van der Waals surface area contributed by atoms with Crippen LogP contribution in [0.2, 0.25) is 0 Å². The Morgan fingerprint density at radius 3 is 2.44 bits per heavy atom. The number of nitrogens with zero attached hydrogens (tertiary/aromatic N) is 3. The SMILES string of the molecule is COc1ccc(N2c3ccc(/C=C4\C(=O)N(C)C(=S)N4C)cc3C3CCCCCC32)cc1. The summed E-state index contributed by atoms with van der Waals surface area (Å²) in [6.45, 7) is 0. The smallest absolute Gasteiger partial charge is 0.276 e. The average Bonchev–Trinajstić information content (AvgIpc) is 3.06. The molecule has 2 heterocycles. The first-order valence-electron chi connectivity index (χ1n) is 11.3. The number of thiocarbonyl (C=S) groups is 1. The number of anilines is 2. The van der Waals surface area contributed by atoms with Crippen LogP contribution in [0.1, 0.15) is 49.1 Å². The second-order valence-electron chi connectivity index (χ2n) is 8.93. The van der Waals surface area contributed by atoms with Crippen LogP contribution in [0.4, 0.5) is 11.4 Å². The van der Waals surface area contributed by atoms with E-state index in [9.17, 15) is 4.79 Å². The van der Waals surface area contributed by atoms with E-state index in [0.29, 0.717) is 22.8 Å². The van der Waals surface area contributed by atoms with E-state index in [1.54, 1.807) is 19.1 Å². The van der Waals surface area contributed by atoms with Crippen LogP contribution < -0.4 is 9.64 Å². The predicted octanol–water partition coefficient (Wildman–Crippen LogP) is 5.29. The number of ether oxygens (including phenoxy) is 1. The van der Waals surface area contributed by atoms with Crippen LogP contribution in [-0.4, -0.2) is 48.1 Å². The number of carbonyl (C=O) groups excluding carboxylic acids is 1. The maximum Gasteiger partial charge on any atom is 0.276 e. The van der Waals surface area contributed by atoms with Crippen molar-refractivity contribution in [1.29, 1.82) is 0 Å². The molecule has 5 nitrogen and oxygen atoms in total. The van der Waals surface area contributed by atoms with E-state index >= 15 is 0 Å². The van der Waals surface area contributed by atoms with E-state index in [1.165, 1.54) is 53.9 Å². The van der Waals surface area contributed by atoms with Gasteiger partial charge in [-0.2, -0.15) is 0 Å². The van der Waals surface area contributed by atoms with Crippen molar-refractivity contribution in [3.05, 3.63) is 59.3 Å². The number of carbonyl (C=O) groups is 1. The molecular weight excluding hydrogens is 418 g/mol. The second kappa shape index (κ2) is 8.24. The lowest BCUT2D eigenvalue weighted by atomic mass is 9.90. The molecule has 0 aromatic heterocycles. The van der Waals surface area contributed by atoms with Crippen molar-refractivity contribution < 1.29 is 9.53 Å². The van der Waals surface area contributed by atoms with Crippen molar-refractivity contribution in [2.75, 3.05) is 26.1 Å². The van der Waals surface area contributed by atoms with Crippen LogP contribution in [0.15, 0.2) is 48.2 Å². The third-order valence-corrected chi connectivity index (χ3v) is 7.68. The summed E-state index contributed by atoms with van der Waals surface area (Å²) in [4.78, 5) is 18.5. The first kappa shape index (κ1) is 21.0. The van der Waals surface area contributed by atoms with Gasteiger partial charge in [0, 0.05) is 37.4 Å². The van der Waals surface area contributed by atoms with Crippen LogP contribution in [0.5, 0.6) is 5.75 Å². The quantitative estimate of drug-likeness (QED) is 0.472. The van der Waals surface area contributed by atoms with Gasteiger partial charge in [0.1, 0.15) is 11.4 Å². The van der Waals surface area contributed by atoms with E-state index in [1.807, 2.05) is 25.3 Å². The number of methoxy groups -OCH3 is 1. The lowest BCUT2D eigenvalue weighted by Gasteiger charge is -2.29. The minimum atomic E-state index is -0.0507. The van der Waals surface area contributed by atoms with E-state index in [-0.39, 0.29) is 5.91 Å². The van der Waals surface area contributed by atoms with Gasteiger partial charge >= 0.3 is 0 Å².